The zero-order valence-corrected chi connectivity index (χ0v) is 57.7. The van der Waals surface area contributed by atoms with E-state index in [2.05, 4.69) is 19.2 Å². The summed E-state index contributed by atoms with van der Waals surface area (Å²) in [6.45, 7) is 5.02. The van der Waals surface area contributed by atoms with Crippen LogP contribution in [0.1, 0.15) is 463 Å². The molecule has 0 aromatic carbocycles. The number of carbonyl (C=O) groups is 2. The van der Waals surface area contributed by atoms with Crippen LogP contribution in [0.5, 0.6) is 0 Å². The van der Waals surface area contributed by atoms with E-state index in [1.54, 1.807) is 0 Å². The number of hydrogen-bond acceptors (Lipinski definition) is 5. The highest BCUT2D eigenvalue weighted by atomic mass is 16.5. The Morgan fingerprint density at radius 3 is 0.726 bits per heavy atom. The number of amides is 1. The second kappa shape index (κ2) is 74.3. The van der Waals surface area contributed by atoms with Crippen molar-refractivity contribution in [1.82, 2.24) is 5.32 Å². The van der Waals surface area contributed by atoms with Crippen molar-refractivity contribution in [3.63, 3.8) is 0 Å². The van der Waals surface area contributed by atoms with Crippen molar-refractivity contribution in [1.29, 1.82) is 0 Å². The standard InChI is InChI=1S/C78H155NO5/c1-3-5-7-9-11-13-15-17-19-20-21-33-36-39-43-46-50-54-58-62-66-70-76(81)75(74-80)79-77(82)71-67-63-59-55-51-47-44-40-37-34-31-29-27-25-23-22-24-26-28-30-32-35-38-41-45-49-53-57-61-65-69-73-84-78(83)72-68-64-60-56-52-48-42-18-16-14-12-10-8-6-4-2/h75-76,80-81H,3-74H2,1-2H3,(H,79,82). The Balaban J connectivity index is 3.32. The summed E-state index contributed by atoms with van der Waals surface area (Å²) in [6.07, 6.45) is 91.9. The smallest absolute Gasteiger partial charge is 0.305 e. The monoisotopic (exact) mass is 1190 g/mol. The van der Waals surface area contributed by atoms with Crippen molar-refractivity contribution in [2.24, 2.45) is 0 Å². The summed E-state index contributed by atoms with van der Waals surface area (Å²) in [6, 6.07) is -0.538. The number of hydrogen-bond donors (Lipinski definition) is 3. The summed E-state index contributed by atoms with van der Waals surface area (Å²) in [5, 5.41) is 23.5. The summed E-state index contributed by atoms with van der Waals surface area (Å²) in [5.41, 5.74) is 0. The molecule has 2 atom stereocenters. The van der Waals surface area contributed by atoms with Gasteiger partial charge in [-0.2, -0.15) is 0 Å². The molecular weight excluding hydrogens is 1030 g/mol. The van der Waals surface area contributed by atoms with Crippen LogP contribution < -0.4 is 5.32 Å². The van der Waals surface area contributed by atoms with Gasteiger partial charge in [0.25, 0.3) is 0 Å². The largest absolute Gasteiger partial charge is 0.466 e. The van der Waals surface area contributed by atoms with Crippen molar-refractivity contribution < 1.29 is 24.5 Å². The number of unbranched alkanes of at least 4 members (excludes halogenated alkanes) is 64. The van der Waals surface area contributed by atoms with Gasteiger partial charge in [0.1, 0.15) is 0 Å². The van der Waals surface area contributed by atoms with Gasteiger partial charge in [0, 0.05) is 12.8 Å². The molecule has 0 rings (SSSR count). The predicted molar refractivity (Wildman–Crippen MR) is 371 cm³/mol. The van der Waals surface area contributed by atoms with Crippen LogP contribution in [0.25, 0.3) is 0 Å². The average molecular weight is 1190 g/mol. The van der Waals surface area contributed by atoms with Crippen LogP contribution >= 0.6 is 0 Å². The molecule has 0 fully saturated rings. The van der Waals surface area contributed by atoms with Crippen LogP contribution in [-0.2, 0) is 14.3 Å². The van der Waals surface area contributed by atoms with Gasteiger partial charge >= 0.3 is 5.97 Å². The molecule has 0 aromatic rings. The first-order valence-corrected chi connectivity index (χ1v) is 39.3. The molecule has 0 heterocycles. The SMILES string of the molecule is CCCCCCCCCCCCCCCCCCCCCCCC(O)C(CO)NC(=O)CCCCCCCCCCCCCCCCCCCCCCCCCCCCCCCCCOC(=O)CCCCCCCCCCCCCCCCC. The molecule has 0 spiro atoms. The molecule has 0 aliphatic heterocycles. The number of nitrogens with one attached hydrogen (secondary N) is 1. The van der Waals surface area contributed by atoms with Gasteiger partial charge in [-0.05, 0) is 25.7 Å². The molecule has 0 saturated heterocycles. The lowest BCUT2D eigenvalue weighted by Crippen LogP contribution is -2.45. The fourth-order valence-corrected chi connectivity index (χ4v) is 12.9. The van der Waals surface area contributed by atoms with E-state index < -0.39 is 12.1 Å². The molecule has 0 aliphatic carbocycles. The quantitative estimate of drug-likeness (QED) is 0.0417. The van der Waals surface area contributed by atoms with E-state index >= 15 is 0 Å². The lowest BCUT2D eigenvalue weighted by Gasteiger charge is -2.22. The maximum atomic E-state index is 12.6. The Morgan fingerprint density at radius 2 is 0.488 bits per heavy atom. The zero-order valence-electron chi connectivity index (χ0n) is 57.7. The molecule has 6 heteroatoms. The zero-order chi connectivity index (χ0) is 60.6. The summed E-state index contributed by atoms with van der Waals surface area (Å²) < 4.78 is 5.51. The molecule has 0 bridgehead atoms. The number of aliphatic hydroxyl groups excluding tert-OH is 2. The summed E-state index contributed by atoms with van der Waals surface area (Å²) in [7, 11) is 0. The van der Waals surface area contributed by atoms with E-state index in [-0.39, 0.29) is 18.5 Å². The molecule has 0 radical (unpaired) electrons. The van der Waals surface area contributed by atoms with E-state index in [9.17, 15) is 19.8 Å². The lowest BCUT2D eigenvalue weighted by molar-refractivity contribution is -0.143. The third kappa shape index (κ3) is 70.0. The Bertz CT molecular complexity index is 1230. The van der Waals surface area contributed by atoms with E-state index in [1.807, 2.05) is 0 Å². The molecule has 0 saturated carbocycles. The van der Waals surface area contributed by atoms with Crippen LogP contribution in [0.15, 0.2) is 0 Å². The number of ether oxygens (including phenoxy) is 1. The maximum Gasteiger partial charge on any atom is 0.305 e. The van der Waals surface area contributed by atoms with E-state index in [4.69, 9.17) is 4.74 Å². The third-order valence-corrected chi connectivity index (χ3v) is 18.9. The second-order valence-corrected chi connectivity index (χ2v) is 27.4. The number of carbonyl (C=O) groups excluding carboxylic acids is 2. The van der Waals surface area contributed by atoms with Crippen molar-refractivity contribution in [2.45, 2.75) is 475 Å². The molecule has 2 unspecified atom stereocenters. The molecule has 84 heavy (non-hydrogen) atoms. The van der Waals surface area contributed by atoms with Gasteiger partial charge in [-0.1, -0.05) is 425 Å². The predicted octanol–water partition coefficient (Wildman–Crippen LogP) is 25.7. The number of rotatable bonds is 75. The molecule has 6 nitrogen and oxygen atoms in total. The Morgan fingerprint density at radius 1 is 0.286 bits per heavy atom. The van der Waals surface area contributed by atoms with Crippen LogP contribution in [0, 0.1) is 0 Å². The third-order valence-electron chi connectivity index (χ3n) is 18.9. The van der Waals surface area contributed by atoms with Crippen molar-refractivity contribution >= 4 is 11.9 Å². The first kappa shape index (κ1) is 82.9. The molecular formula is C78H155NO5. The highest BCUT2D eigenvalue weighted by Crippen LogP contribution is 2.21. The fraction of sp³-hybridized carbons (Fsp3) is 0.974. The molecule has 1 amide bonds. The minimum absolute atomic E-state index is 0.0247. The normalized spacial score (nSPS) is 12.4. The number of esters is 1. The molecule has 502 valence electrons. The van der Waals surface area contributed by atoms with E-state index in [0.29, 0.717) is 25.9 Å². The van der Waals surface area contributed by atoms with Gasteiger partial charge in [0.05, 0.1) is 25.4 Å². The highest BCUT2D eigenvalue weighted by molar-refractivity contribution is 5.76. The second-order valence-electron chi connectivity index (χ2n) is 27.4. The minimum atomic E-state index is -0.661. The summed E-state index contributed by atoms with van der Waals surface area (Å²) >= 11 is 0. The van der Waals surface area contributed by atoms with Crippen LogP contribution in [0.2, 0.25) is 0 Å². The maximum absolute atomic E-state index is 12.6. The Hall–Kier alpha value is -1.14. The first-order chi connectivity index (χ1) is 41.5. The van der Waals surface area contributed by atoms with Gasteiger partial charge in [0.2, 0.25) is 5.91 Å². The average Bonchev–Trinajstić information content (AvgIpc) is 3.53. The Labute approximate surface area is 527 Å². The summed E-state index contributed by atoms with van der Waals surface area (Å²) in [4.78, 5) is 24.7. The Kier molecular flexibility index (Phi) is 73.3. The molecule has 0 aliphatic rings. The number of aliphatic hydroxyl groups is 2. The van der Waals surface area contributed by atoms with E-state index in [0.717, 1.165) is 38.5 Å². The van der Waals surface area contributed by atoms with E-state index in [1.165, 1.54) is 392 Å². The fourth-order valence-electron chi connectivity index (χ4n) is 12.9. The van der Waals surface area contributed by atoms with Crippen molar-refractivity contribution in [3.05, 3.63) is 0 Å². The van der Waals surface area contributed by atoms with Gasteiger partial charge in [-0.25, -0.2) is 0 Å². The van der Waals surface area contributed by atoms with Crippen LogP contribution in [0.3, 0.4) is 0 Å². The molecule has 3 N–H and O–H groups in total. The lowest BCUT2D eigenvalue weighted by atomic mass is 10.0. The topological polar surface area (TPSA) is 95.9 Å². The van der Waals surface area contributed by atoms with Crippen LogP contribution in [0.4, 0.5) is 0 Å². The van der Waals surface area contributed by atoms with Crippen molar-refractivity contribution in [2.75, 3.05) is 13.2 Å². The summed E-state index contributed by atoms with van der Waals surface area (Å²) in [5.74, 6) is 0.000428. The highest BCUT2D eigenvalue weighted by Gasteiger charge is 2.20. The van der Waals surface area contributed by atoms with Crippen molar-refractivity contribution in [3.8, 4) is 0 Å². The minimum Gasteiger partial charge on any atom is -0.466 e. The van der Waals surface area contributed by atoms with Crippen LogP contribution in [-0.4, -0.2) is 47.4 Å². The molecule has 0 aromatic heterocycles. The van der Waals surface area contributed by atoms with Gasteiger partial charge in [0.15, 0.2) is 0 Å². The van der Waals surface area contributed by atoms with Gasteiger partial charge in [-0.3, -0.25) is 9.59 Å². The van der Waals surface area contributed by atoms with Gasteiger partial charge in [-0.15, -0.1) is 0 Å². The van der Waals surface area contributed by atoms with Gasteiger partial charge < -0.3 is 20.3 Å². The first-order valence-electron chi connectivity index (χ1n) is 39.3.